The third-order valence-electron chi connectivity index (χ3n) is 2.52. The lowest BCUT2D eigenvalue weighted by molar-refractivity contribution is -0.138. The predicted molar refractivity (Wildman–Crippen MR) is 73.3 cm³/mol. The molecule has 0 saturated carbocycles. The zero-order valence-electron chi connectivity index (χ0n) is 12.5. The van der Waals surface area contributed by atoms with Gasteiger partial charge >= 0.3 is 12.0 Å². The van der Waals surface area contributed by atoms with Crippen molar-refractivity contribution >= 4 is 17.9 Å². The normalized spacial score (nSPS) is 12.6. The van der Waals surface area contributed by atoms with E-state index in [0.29, 0.717) is 6.61 Å². The number of ether oxygens (including phenoxy) is 1. The largest absolute Gasteiger partial charge is 0.481 e. The first-order valence-corrected chi connectivity index (χ1v) is 6.59. The van der Waals surface area contributed by atoms with Crippen LogP contribution in [0, 0.1) is 5.92 Å². The number of carbonyl (C=O) groups excluding carboxylic acids is 2. The summed E-state index contributed by atoms with van der Waals surface area (Å²) in [6, 6.07) is -0.606. The van der Waals surface area contributed by atoms with E-state index in [1.807, 2.05) is 20.8 Å². The van der Waals surface area contributed by atoms with E-state index in [4.69, 9.17) is 9.84 Å². The van der Waals surface area contributed by atoms with Gasteiger partial charge in [-0.15, -0.1) is 0 Å². The number of nitrogens with one attached hydrogen (secondary N) is 2. The molecular formula is C13H24N2O5. The van der Waals surface area contributed by atoms with E-state index in [2.05, 4.69) is 10.6 Å². The van der Waals surface area contributed by atoms with Crippen molar-refractivity contribution in [3.63, 3.8) is 0 Å². The van der Waals surface area contributed by atoms with Crippen molar-refractivity contribution in [1.82, 2.24) is 10.6 Å². The number of aliphatic carboxylic acids is 1. The van der Waals surface area contributed by atoms with E-state index in [1.54, 1.807) is 6.92 Å². The molecule has 0 aliphatic heterocycles. The van der Waals surface area contributed by atoms with Gasteiger partial charge in [-0.3, -0.25) is 14.9 Å². The van der Waals surface area contributed by atoms with Gasteiger partial charge in [0.05, 0.1) is 5.60 Å². The minimum atomic E-state index is -0.965. The van der Waals surface area contributed by atoms with E-state index in [0.717, 1.165) is 0 Å². The van der Waals surface area contributed by atoms with Gasteiger partial charge < -0.3 is 15.2 Å². The molecule has 7 nitrogen and oxygen atoms in total. The highest BCUT2D eigenvalue weighted by atomic mass is 16.5. The van der Waals surface area contributed by atoms with E-state index >= 15 is 0 Å². The molecule has 0 aromatic carbocycles. The van der Waals surface area contributed by atoms with Crippen molar-refractivity contribution in [2.45, 2.75) is 46.1 Å². The second-order valence-corrected chi connectivity index (χ2v) is 5.33. The topological polar surface area (TPSA) is 105 Å². The first-order valence-electron chi connectivity index (χ1n) is 6.59. The number of hydrogen-bond acceptors (Lipinski definition) is 4. The summed E-state index contributed by atoms with van der Waals surface area (Å²) >= 11 is 0. The minimum absolute atomic E-state index is 0.00538. The molecule has 0 aliphatic rings. The first kappa shape index (κ1) is 18.4. The molecule has 0 aromatic rings. The van der Waals surface area contributed by atoms with Crippen LogP contribution in [-0.2, 0) is 14.3 Å². The van der Waals surface area contributed by atoms with Crippen LogP contribution >= 0.6 is 0 Å². The van der Waals surface area contributed by atoms with Crippen LogP contribution in [0.15, 0.2) is 0 Å². The van der Waals surface area contributed by atoms with Crippen LogP contribution in [0.2, 0.25) is 0 Å². The number of imide groups is 1. The van der Waals surface area contributed by atoms with Gasteiger partial charge in [-0.05, 0) is 26.7 Å². The summed E-state index contributed by atoms with van der Waals surface area (Å²) < 4.78 is 5.40. The Labute approximate surface area is 119 Å². The molecule has 3 N–H and O–H groups in total. The molecule has 0 radical (unpaired) electrons. The second-order valence-electron chi connectivity index (χ2n) is 5.33. The van der Waals surface area contributed by atoms with Crippen LogP contribution in [0.3, 0.4) is 0 Å². The number of carboxylic acids is 1. The van der Waals surface area contributed by atoms with Gasteiger partial charge in [0, 0.05) is 26.0 Å². The molecule has 0 saturated heterocycles. The highest BCUT2D eigenvalue weighted by Gasteiger charge is 2.20. The van der Waals surface area contributed by atoms with Crippen LogP contribution in [0.25, 0.3) is 0 Å². The van der Waals surface area contributed by atoms with E-state index in [-0.39, 0.29) is 25.3 Å². The van der Waals surface area contributed by atoms with Crippen LogP contribution in [-0.4, -0.2) is 41.8 Å². The van der Waals surface area contributed by atoms with Crippen LogP contribution in [0.5, 0.6) is 0 Å². The minimum Gasteiger partial charge on any atom is -0.481 e. The maximum Gasteiger partial charge on any atom is 0.321 e. The van der Waals surface area contributed by atoms with E-state index in [1.165, 1.54) is 0 Å². The Balaban J connectivity index is 4.02. The lowest BCUT2D eigenvalue weighted by atomic mass is 10.0. The summed E-state index contributed by atoms with van der Waals surface area (Å²) in [6.07, 6.45) is -0.110. The molecular weight excluding hydrogens is 264 g/mol. The van der Waals surface area contributed by atoms with Crippen molar-refractivity contribution in [2.24, 2.45) is 5.92 Å². The molecule has 0 rings (SSSR count). The van der Waals surface area contributed by atoms with Gasteiger partial charge in [0.25, 0.3) is 0 Å². The molecule has 3 amide bonds. The molecule has 116 valence electrons. The van der Waals surface area contributed by atoms with Gasteiger partial charge in [0.15, 0.2) is 0 Å². The molecule has 0 fully saturated rings. The van der Waals surface area contributed by atoms with Gasteiger partial charge in [0.1, 0.15) is 0 Å². The van der Waals surface area contributed by atoms with Crippen molar-refractivity contribution < 1.29 is 24.2 Å². The standard InChI is InChI=1S/C13H24N2O5/c1-5-20-13(3,4)8-14-12(19)15-10(16)6-9(2)7-11(17)18/h9H,5-8H2,1-4H3,(H,17,18)(H2,14,15,16,19). The Morgan fingerprint density at radius 3 is 2.35 bits per heavy atom. The average Bonchev–Trinajstić information content (AvgIpc) is 2.24. The van der Waals surface area contributed by atoms with Crippen LogP contribution in [0.1, 0.15) is 40.5 Å². The van der Waals surface area contributed by atoms with Gasteiger partial charge in [0.2, 0.25) is 5.91 Å². The fourth-order valence-corrected chi connectivity index (χ4v) is 1.64. The molecule has 0 aromatic heterocycles. The Morgan fingerprint density at radius 2 is 1.85 bits per heavy atom. The molecule has 0 spiro atoms. The van der Waals surface area contributed by atoms with Gasteiger partial charge in [-0.1, -0.05) is 6.92 Å². The molecule has 1 unspecified atom stereocenters. The summed E-state index contributed by atoms with van der Waals surface area (Å²) in [6.45, 7) is 7.95. The zero-order chi connectivity index (χ0) is 15.8. The number of urea groups is 1. The van der Waals surface area contributed by atoms with Crippen LogP contribution in [0.4, 0.5) is 4.79 Å². The molecule has 20 heavy (non-hydrogen) atoms. The maximum atomic E-state index is 11.5. The van der Waals surface area contributed by atoms with Crippen molar-refractivity contribution in [1.29, 1.82) is 0 Å². The summed E-state index contributed by atoms with van der Waals surface area (Å²) in [4.78, 5) is 33.5. The predicted octanol–water partition coefficient (Wildman–Crippen LogP) is 1.13. The Morgan fingerprint density at radius 1 is 1.25 bits per heavy atom. The summed E-state index contributed by atoms with van der Waals surface area (Å²) in [5.41, 5.74) is -0.508. The summed E-state index contributed by atoms with van der Waals surface area (Å²) in [5.74, 6) is -1.78. The third-order valence-corrected chi connectivity index (χ3v) is 2.52. The summed E-state index contributed by atoms with van der Waals surface area (Å²) in [7, 11) is 0. The number of carbonyl (C=O) groups is 3. The lowest BCUT2D eigenvalue weighted by Crippen LogP contribution is -2.46. The highest BCUT2D eigenvalue weighted by Crippen LogP contribution is 2.07. The first-order chi connectivity index (χ1) is 9.16. The SMILES string of the molecule is CCOC(C)(C)CNC(=O)NC(=O)CC(C)CC(=O)O. The number of rotatable bonds is 8. The van der Waals surface area contributed by atoms with Crippen molar-refractivity contribution in [3.05, 3.63) is 0 Å². The van der Waals surface area contributed by atoms with E-state index in [9.17, 15) is 14.4 Å². The molecule has 0 heterocycles. The molecule has 0 aliphatic carbocycles. The number of carboxylic acid groups (broad SMARTS) is 1. The monoisotopic (exact) mass is 288 g/mol. The smallest absolute Gasteiger partial charge is 0.321 e. The van der Waals surface area contributed by atoms with Gasteiger partial charge in [-0.2, -0.15) is 0 Å². The highest BCUT2D eigenvalue weighted by molar-refractivity contribution is 5.94. The Kier molecular flexibility index (Phi) is 7.83. The quantitative estimate of drug-likeness (QED) is 0.621. The van der Waals surface area contributed by atoms with Crippen LogP contribution < -0.4 is 10.6 Å². The molecule has 0 bridgehead atoms. The average molecular weight is 288 g/mol. The molecule has 1 atom stereocenters. The zero-order valence-corrected chi connectivity index (χ0v) is 12.5. The maximum absolute atomic E-state index is 11.5. The molecule has 7 heteroatoms. The third kappa shape index (κ3) is 9.32. The Bertz CT molecular complexity index is 355. The van der Waals surface area contributed by atoms with Crippen molar-refractivity contribution in [2.75, 3.05) is 13.2 Å². The summed E-state index contributed by atoms with van der Waals surface area (Å²) in [5, 5.41) is 13.3. The second kappa shape index (κ2) is 8.52. The van der Waals surface area contributed by atoms with E-state index < -0.39 is 23.5 Å². The fraction of sp³-hybridized carbons (Fsp3) is 0.769. The number of hydrogen-bond donors (Lipinski definition) is 3. The lowest BCUT2D eigenvalue weighted by Gasteiger charge is -2.24. The van der Waals surface area contributed by atoms with Gasteiger partial charge in [-0.25, -0.2) is 4.79 Å². The van der Waals surface area contributed by atoms with Crippen molar-refractivity contribution in [3.8, 4) is 0 Å². The Hall–Kier alpha value is -1.63. The fourth-order valence-electron chi connectivity index (χ4n) is 1.64. The number of amides is 3.